The van der Waals surface area contributed by atoms with Gasteiger partial charge in [0.1, 0.15) is 0 Å². The highest BCUT2D eigenvalue weighted by atomic mass is 16.8. The predicted octanol–water partition coefficient (Wildman–Crippen LogP) is 2.34. The van der Waals surface area contributed by atoms with Crippen LogP contribution in [0.4, 0.5) is 0 Å². The van der Waals surface area contributed by atoms with Gasteiger partial charge in [-0.1, -0.05) is 13.3 Å². The standard InChI is InChI=1S/C11H23O4/c1-4-7-8-14-11(13-6-3)15-10-9-12-5-2/h4-10H2,1-3H3. The van der Waals surface area contributed by atoms with Gasteiger partial charge < -0.3 is 18.9 Å². The lowest BCUT2D eigenvalue weighted by atomic mass is 10.4. The summed E-state index contributed by atoms with van der Waals surface area (Å²) in [5.41, 5.74) is 0. The van der Waals surface area contributed by atoms with Crippen LogP contribution < -0.4 is 0 Å². The van der Waals surface area contributed by atoms with Crippen LogP contribution in [0.15, 0.2) is 0 Å². The molecule has 0 aromatic rings. The van der Waals surface area contributed by atoms with Crippen molar-refractivity contribution in [1.82, 2.24) is 0 Å². The van der Waals surface area contributed by atoms with Crippen molar-refractivity contribution in [2.24, 2.45) is 0 Å². The van der Waals surface area contributed by atoms with Crippen LogP contribution in [-0.4, -0.2) is 33.0 Å². The van der Waals surface area contributed by atoms with Crippen LogP contribution in [-0.2, 0) is 18.9 Å². The minimum absolute atomic E-state index is 0.269. The van der Waals surface area contributed by atoms with E-state index in [1.807, 2.05) is 13.8 Å². The van der Waals surface area contributed by atoms with Gasteiger partial charge in [0.25, 0.3) is 0 Å². The third kappa shape index (κ3) is 10.1. The van der Waals surface area contributed by atoms with E-state index in [4.69, 9.17) is 18.9 Å². The van der Waals surface area contributed by atoms with Gasteiger partial charge in [-0.3, -0.25) is 0 Å². The van der Waals surface area contributed by atoms with E-state index in [9.17, 15) is 0 Å². The molecule has 0 saturated heterocycles. The fraction of sp³-hybridized carbons (Fsp3) is 0.909. The topological polar surface area (TPSA) is 36.9 Å². The summed E-state index contributed by atoms with van der Waals surface area (Å²) in [7, 11) is 0. The maximum absolute atomic E-state index is 5.32. The summed E-state index contributed by atoms with van der Waals surface area (Å²) in [6.45, 7) is 9.14. The molecule has 0 heterocycles. The first-order valence-electron chi connectivity index (χ1n) is 5.68. The highest BCUT2D eigenvalue weighted by Crippen LogP contribution is 2.07. The lowest BCUT2D eigenvalue weighted by molar-refractivity contribution is -0.190. The lowest BCUT2D eigenvalue weighted by Gasteiger charge is -2.15. The summed E-state index contributed by atoms with van der Waals surface area (Å²) in [5, 5.41) is 0. The molecule has 91 valence electrons. The minimum Gasteiger partial charge on any atom is -0.379 e. The molecule has 4 nitrogen and oxygen atoms in total. The third-order valence-electron chi connectivity index (χ3n) is 1.63. The van der Waals surface area contributed by atoms with E-state index in [2.05, 4.69) is 6.92 Å². The average Bonchev–Trinajstić information content (AvgIpc) is 2.24. The number of hydrogen-bond donors (Lipinski definition) is 0. The van der Waals surface area contributed by atoms with Gasteiger partial charge >= 0.3 is 6.48 Å². The molecule has 0 unspecified atom stereocenters. The number of ether oxygens (including phenoxy) is 4. The Morgan fingerprint density at radius 1 is 0.800 bits per heavy atom. The van der Waals surface area contributed by atoms with Crippen LogP contribution in [0.1, 0.15) is 33.6 Å². The molecule has 0 spiro atoms. The largest absolute Gasteiger partial charge is 0.379 e. The van der Waals surface area contributed by atoms with Crippen molar-refractivity contribution in [3.05, 3.63) is 6.48 Å². The Balaban J connectivity index is 3.44. The van der Waals surface area contributed by atoms with Crippen LogP contribution in [0.5, 0.6) is 0 Å². The molecule has 0 aromatic carbocycles. The van der Waals surface area contributed by atoms with Crippen molar-refractivity contribution in [2.45, 2.75) is 33.6 Å². The first kappa shape index (κ1) is 14.8. The van der Waals surface area contributed by atoms with Crippen LogP contribution in [0, 0.1) is 6.48 Å². The maximum atomic E-state index is 5.32. The molecule has 0 aliphatic rings. The number of unbranched alkanes of at least 4 members (excludes halogenated alkanes) is 1. The molecule has 0 saturated carbocycles. The van der Waals surface area contributed by atoms with Gasteiger partial charge in [-0.25, -0.2) is 0 Å². The molecule has 0 atom stereocenters. The second kappa shape index (κ2) is 11.9. The highest BCUT2D eigenvalue weighted by Gasteiger charge is 2.11. The monoisotopic (exact) mass is 219 g/mol. The summed E-state index contributed by atoms with van der Waals surface area (Å²) in [5.74, 6) is 0. The van der Waals surface area contributed by atoms with Gasteiger partial charge in [0, 0.05) is 13.2 Å². The van der Waals surface area contributed by atoms with E-state index < -0.39 is 0 Å². The molecule has 0 N–H and O–H groups in total. The van der Waals surface area contributed by atoms with Gasteiger partial charge in [0.05, 0.1) is 19.8 Å². The zero-order valence-corrected chi connectivity index (χ0v) is 10.1. The Labute approximate surface area is 92.8 Å². The number of rotatable bonds is 11. The fourth-order valence-corrected chi connectivity index (χ4v) is 0.871. The van der Waals surface area contributed by atoms with Crippen LogP contribution >= 0.6 is 0 Å². The predicted molar refractivity (Wildman–Crippen MR) is 58.2 cm³/mol. The Bertz CT molecular complexity index is 119. The molecular weight excluding hydrogens is 196 g/mol. The van der Waals surface area contributed by atoms with Gasteiger partial charge in [0.2, 0.25) is 0 Å². The van der Waals surface area contributed by atoms with Gasteiger partial charge in [-0.15, -0.1) is 0 Å². The second-order valence-electron chi connectivity index (χ2n) is 2.93. The van der Waals surface area contributed by atoms with Crippen molar-refractivity contribution in [3.8, 4) is 0 Å². The van der Waals surface area contributed by atoms with Gasteiger partial charge in [-0.2, -0.15) is 0 Å². The summed E-state index contributed by atoms with van der Waals surface area (Å²) in [6.07, 6.45) is 2.10. The molecule has 0 rings (SSSR count). The first-order valence-corrected chi connectivity index (χ1v) is 5.68. The molecule has 1 radical (unpaired) electrons. The minimum atomic E-state index is 0.269. The van der Waals surface area contributed by atoms with Crippen molar-refractivity contribution in [2.75, 3.05) is 33.0 Å². The van der Waals surface area contributed by atoms with Crippen LogP contribution in [0.3, 0.4) is 0 Å². The molecule has 4 heteroatoms. The summed E-state index contributed by atoms with van der Waals surface area (Å²) in [6, 6.07) is 0. The van der Waals surface area contributed by atoms with Crippen molar-refractivity contribution < 1.29 is 18.9 Å². The van der Waals surface area contributed by atoms with Gasteiger partial charge in [0.15, 0.2) is 0 Å². The Kier molecular flexibility index (Phi) is 11.8. The van der Waals surface area contributed by atoms with Crippen molar-refractivity contribution in [1.29, 1.82) is 0 Å². The molecule has 0 aromatic heterocycles. The number of hydrogen-bond acceptors (Lipinski definition) is 4. The molecule has 0 aliphatic carbocycles. The quantitative estimate of drug-likeness (QED) is 0.500. The highest BCUT2D eigenvalue weighted by molar-refractivity contribution is 4.49. The zero-order chi connectivity index (χ0) is 11.4. The second-order valence-corrected chi connectivity index (χ2v) is 2.93. The molecule has 15 heavy (non-hydrogen) atoms. The van der Waals surface area contributed by atoms with Crippen molar-refractivity contribution >= 4 is 0 Å². The van der Waals surface area contributed by atoms with Gasteiger partial charge in [-0.05, 0) is 20.3 Å². The zero-order valence-electron chi connectivity index (χ0n) is 10.1. The molecule has 0 bridgehead atoms. The van der Waals surface area contributed by atoms with E-state index >= 15 is 0 Å². The Morgan fingerprint density at radius 2 is 1.53 bits per heavy atom. The Morgan fingerprint density at radius 3 is 2.13 bits per heavy atom. The van der Waals surface area contributed by atoms with E-state index in [0.29, 0.717) is 33.0 Å². The molecular formula is C11H23O4. The van der Waals surface area contributed by atoms with E-state index in [1.54, 1.807) is 0 Å². The Hall–Kier alpha value is -0.160. The first-order chi connectivity index (χ1) is 7.35. The lowest BCUT2D eigenvalue weighted by Crippen LogP contribution is -2.16. The third-order valence-corrected chi connectivity index (χ3v) is 1.63. The summed E-state index contributed by atoms with van der Waals surface area (Å²) >= 11 is 0. The van der Waals surface area contributed by atoms with E-state index in [1.165, 1.54) is 0 Å². The SMILES string of the molecule is CCCCO[C](OCC)OCCOCC. The van der Waals surface area contributed by atoms with E-state index in [0.717, 1.165) is 12.8 Å². The van der Waals surface area contributed by atoms with E-state index in [-0.39, 0.29) is 6.48 Å². The van der Waals surface area contributed by atoms with Crippen LogP contribution in [0.25, 0.3) is 0 Å². The van der Waals surface area contributed by atoms with Crippen molar-refractivity contribution in [3.63, 3.8) is 0 Å². The fourth-order valence-electron chi connectivity index (χ4n) is 0.871. The molecule has 0 aliphatic heterocycles. The summed E-state index contributed by atoms with van der Waals surface area (Å²) in [4.78, 5) is 0. The molecule has 0 fully saturated rings. The smallest absolute Gasteiger partial charge is 0.370 e. The average molecular weight is 219 g/mol. The normalized spacial score (nSPS) is 11.2. The maximum Gasteiger partial charge on any atom is 0.370 e. The van der Waals surface area contributed by atoms with Crippen LogP contribution in [0.2, 0.25) is 0 Å². The molecule has 0 amide bonds. The summed E-state index contributed by atoms with van der Waals surface area (Å²) < 4.78 is 20.9.